The molecule has 1 aliphatic carbocycles. The summed E-state index contributed by atoms with van der Waals surface area (Å²) in [5.74, 6) is 1.72. The predicted molar refractivity (Wildman–Crippen MR) is 83.9 cm³/mol. The molecule has 1 heterocycles. The Morgan fingerprint density at radius 2 is 2.10 bits per heavy atom. The number of rotatable bonds is 2. The number of aliphatic hydroxyl groups is 1. The molecule has 0 radical (unpaired) electrons. The average Bonchev–Trinajstić information content (AvgIpc) is 2.41. The summed E-state index contributed by atoms with van der Waals surface area (Å²) in [6, 6.07) is 5.94. The van der Waals surface area contributed by atoms with Crippen LogP contribution in [-0.2, 0) is 0 Å². The molecule has 0 aromatic heterocycles. The summed E-state index contributed by atoms with van der Waals surface area (Å²) in [4.78, 5) is 0. The highest BCUT2D eigenvalue weighted by atomic mass is 79.9. The van der Waals surface area contributed by atoms with Gasteiger partial charge >= 0.3 is 0 Å². The van der Waals surface area contributed by atoms with E-state index in [2.05, 4.69) is 22.9 Å². The topological polar surface area (TPSA) is 29.5 Å². The molecule has 0 saturated heterocycles. The van der Waals surface area contributed by atoms with Gasteiger partial charge in [-0.3, -0.25) is 0 Å². The number of benzene rings is 1. The van der Waals surface area contributed by atoms with Gasteiger partial charge in [-0.05, 0) is 43.7 Å². The van der Waals surface area contributed by atoms with E-state index in [1.165, 1.54) is 25.7 Å². The van der Waals surface area contributed by atoms with Gasteiger partial charge < -0.3 is 9.84 Å². The maximum atomic E-state index is 10.4. The Labute approximate surface area is 129 Å². The van der Waals surface area contributed by atoms with E-state index in [0.717, 1.165) is 41.0 Å². The smallest absolute Gasteiger partial charge is 0.127 e. The van der Waals surface area contributed by atoms with Crippen molar-refractivity contribution in [2.45, 2.75) is 63.6 Å². The van der Waals surface area contributed by atoms with Crippen LogP contribution in [0.4, 0.5) is 0 Å². The van der Waals surface area contributed by atoms with Crippen LogP contribution in [0, 0.1) is 5.92 Å². The van der Waals surface area contributed by atoms with Gasteiger partial charge in [0.15, 0.2) is 0 Å². The fourth-order valence-electron chi connectivity index (χ4n) is 3.82. The van der Waals surface area contributed by atoms with Crippen molar-refractivity contribution >= 4 is 15.9 Å². The number of ether oxygens (including phenoxy) is 1. The molecule has 0 amide bonds. The van der Waals surface area contributed by atoms with Crippen molar-refractivity contribution in [2.75, 3.05) is 0 Å². The number of fused-ring (bicyclic) bond motifs is 1. The SMILES string of the molecule is CCCC1CCC2(CC1)CC(O)c1ccc(Br)cc1O2. The van der Waals surface area contributed by atoms with E-state index in [9.17, 15) is 5.11 Å². The van der Waals surface area contributed by atoms with E-state index in [1.54, 1.807) is 0 Å². The third-order valence-corrected chi connectivity index (χ3v) is 5.43. The number of aliphatic hydroxyl groups excluding tert-OH is 1. The molecule has 3 rings (SSSR count). The Hall–Kier alpha value is -0.540. The summed E-state index contributed by atoms with van der Waals surface area (Å²) in [5, 5.41) is 10.4. The second-order valence-corrected chi connectivity index (χ2v) is 7.33. The van der Waals surface area contributed by atoms with Crippen LogP contribution in [-0.4, -0.2) is 10.7 Å². The minimum Gasteiger partial charge on any atom is -0.487 e. The molecule has 20 heavy (non-hydrogen) atoms. The Bertz CT molecular complexity index is 478. The maximum Gasteiger partial charge on any atom is 0.127 e. The summed E-state index contributed by atoms with van der Waals surface area (Å²) in [7, 11) is 0. The van der Waals surface area contributed by atoms with Gasteiger partial charge in [-0.2, -0.15) is 0 Å². The molecule has 0 bridgehead atoms. The summed E-state index contributed by atoms with van der Waals surface area (Å²) in [6.07, 6.45) is 7.63. The number of hydrogen-bond donors (Lipinski definition) is 1. The van der Waals surface area contributed by atoms with Crippen LogP contribution in [0.15, 0.2) is 22.7 Å². The Kier molecular flexibility index (Phi) is 4.09. The highest BCUT2D eigenvalue weighted by Gasteiger charge is 2.42. The van der Waals surface area contributed by atoms with Crippen molar-refractivity contribution in [2.24, 2.45) is 5.92 Å². The summed E-state index contributed by atoms with van der Waals surface area (Å²) >= 11 is 3.49. The summed E-state index contributed by atoms with van der Waals surface area (Å²) < 4.78 is 7.36. The first-order valence-corrected chi connectivity index (χ1v) is 8.58. The van der Waals surface area contributed by atoms with Crippen LogP contribution in [0.5, 0.6) is 5.75 Å². The average molecular weight is 339 g/mol. The van der Waals surface area contributed by atoms with Crippen molar-refractivity contribution in [3.8, 4) is 5.75 Å². The molecule has 1 fully saturated rings. The van der Waals surface area contributed by atoms with Crippen LogP contribution in [0.1, 0.15) is 63.5 Å². The van der Waals surface area contributed by atoms with Crippen LogP contribution in [0.25, 0.3) is 0 Å². The van der Waals surface area contributed by atoms with E-state index in [1.807, 2.05) is 18.2 Å². The van der Waals surface area contributed by atoms with Crippen LogP contribution < -0.4 is 4.74 Å². The Morgan fingerprint density at radius 3 is 2.80 bits per heavy atom. The lowest BCUT2D eigenvalue weighted by Gasteiger charge is -2.45. The third kappa shape index (κ3) is 2.75. The maximum absolute atomic E-state index is 10.4. The molecule has 3 heteroatoms. The lowest BCUT2D eigenvalue weighted by molar-refractivity contribution is -0.0474. The molecule has 1 atom stereocenters. The van der Waals surface area contributed by atoms with Gasteiger partial charge in [0.1, 0.15) is 11.4 Å². The molecule has 1 unspecified atom stereocenters. The van der Waals surface area contributed by atoms with Gasteiger partial charge in [-0.1, -0.05) is 41.8 Å². The first kappa shape index (κ1) is 14.4. The zero-order valence-electron chi connectivity index (χ0n) is 12.1. The van der Waals surface area contributed by atoms with Crippen molar-refractivity contribution < 1.29 is 9.84 Å². The molecule has 1 N–H and O–H groups in total. The predicted octanol–water partition coefficient (Wildman–Crippen LogP) is 4.99. The third-order valence-electron chi connectivity index (χ3n) is 4.94. The normalized spacial score (nSPS) is 32.8. The first-order valence-electron chi connectivity index (χ1n) is 7.78. The first-order chi connectivity index (χ1) is 9.62. The van der Waals surface area contributed by atoms with Crippen molar-refractivity contribution in [3.63, 3.8) is 0 Å². The summed E-state index contributed by atoms with van der Waals surface area (Å²) in [6.45, 7) is 2.26. The van der Waals surface area contributed by atoms with Crippen molar-refractivity contribution in [3.05, 3.63) is 28.2 Å². The molecule has 1 aromatic carbocycles. The van der Waals surface area contributed by atoms with Gasteiger partial charge in [-0.25, -0.2) is 0 Å². The van der Waals surface area contributed by atoms with E-state index in [0.29, 0.717) is 0 Å². The van der Waals surface area contributed by atoms with Gasteiger partial charge in [0.25, 0.3) is 0 Å². The van der Waals surface area contributed by atoms with Crippen LogP contribution in [0.2, 0.25) is 0 Å². The van der Waals surface area contributed by atoms with Gasteiger partial charge in [0.05, 0.1) is 6.10 Å². The monoisotopic (exact) mass is 338 g/mol. The van der Waals surface area contributed by atoms with E-state index in [-0.39, 0.29) is 11.7 Å². The Balaban J connectivity index is 1.77. The molecular weight excluding hydrogens is 316 g/mol. The van der Waals surface area contributed by atoms with Gasteiger partial charge in [0, 0.05) is 16.5 Å². The van der Waals surface area contributed by atoms with Crippen LogP contribution >= 0.6 is 15.9 Å². The van der Waals surface area contributed by atoms with E-state index in [4.69, 9.17) is 4.74 Å². The highest BCUT2D eigenvalue weighted by molar-refractivity contribution is 9.10. The van der Waals surface area contributed by atoms with Crippen molar-refractivity contribution in [1.29, 1.82) is 0 Å². The standard InChI is InChI=1S/C17H23BrO2/c1-2-3-12-6-8-17(9-7-12)11-15(19)14-5-4-13(18)10-16(14)20-17/h4-5,10,12,15,19H,2-3,6-9,11H2,1H3. The zero-order chi connectivity index (χ0) is 14.2. The molecule has 110 valence electrons. The molecule has 2 aliphatic rings. The quantitative estimate of drug-likeness (QED) is 0.822. The molecule has 1 spiro atoms. The minimum atomic E-state index is -0.380. The molecular formula is C17H23BrO2. The second-order valence-electron chi connectivity index (χ2n) is 6.42. The lowest BCUT2D eigenvalue weighted by atomic mass is 9.73. The lowest BCUT2D eigenvalue weighted by Crippen LogP contribution is -2.44. The zero-order valence-corrected chi connectivity index (χ0v) is 13.7. The van der Waals surface area contributed by atoms with Gasteiger partial charge in [-0.15, -0.1) is 0 Å². The van der Waals surface area contributed by atoms with Crippen LogP contribution in [0.3, 0.4) is 0 Å². The summed E-state index contributed by atoms with van der Waals surface area (Å²) in [5.41, 5.74) is 0.812. The molecule has 2 nitrogen and oxygen atoms in total. The van der Waals surface area contributed by atoms with E-state index < -0.39 is 0 Å². The number of hydrogen-bond acceptors (Lipinski definition) is 2. The molecule has 1 aromatic rings. The van der Waals surface area contributed by atoms with Crippen molar-refractivity contribution in [1.82, 2.24) is 0 Å². The van der Waals surface area contributed by atoms with Gasteiger partial charge in [0.2, 0.25) is 0 Å². The largest absolute Gasteiger partial charge is 0.487 e. The number of halogens is 1. The van der Waals surface area contributed by atoms with E-state index >= 15 is 0 Å². The minimum absolute atomic E-state index is 0.128. The second kappa shape index (κ2) is 5.69. The fourth-order valence-corrected chi connectivity index (χ4v) is 4.16. The Morgan fingerprint density at radius 1 is 1.35 bits per heavy atom. The molecule has 1 saturated carbocycles. The fraction of sp³-hybridized carbons (Fsp3) is 0.647. The molecule has 1 aliphatic heterocycles. The highest BCUT2D eigenvalue weighted by Crippen LogP contribution is 2.48.